The van der Waals surface area contributed by atoms with Crippen molar-refractivity contribution in [1.82, 2.24) is 0 Å². The standard InChI is InChI=1S/C10H19O6P/c1-3-15-17(14,16-4-2)8-6-5-7-10(12,13)9(8)11/h11-13H,3-7H2,1-2H3. The lowest BCUT2D eigenvalue weighted by atomic mass is 10.00. The minimum absolute atomic E-state index is 0.000579. The van der Waals surface area contributed by atoms with E-state index in [1.54, 1.807) is 13.8 Å². The molecule has 0 unspecified atom stereocenters. The van der Waals surface area contributed by atoms with Crippen LogP contribution in [0, 0.1) is 0 Å². The monoisotopic (exact) mass is 266 g/mol. The van der Waals surface area contributed by atoms with Gasteiger partial charge in [0, 0.05) is 6.42 Å². The molecule has 0 aliphatic heterocycles. The molecule has 17 heavy (non-hydrogen) atoms. The topological polar surface area (TPSA) is 96.2 Å². The zero-order valence-corrected chi connectivity index (χ0v) is 10.9. The fourth-order valence-corrected chi connectivity index (χ4v) is 3.71. The number of rotatable bonds is 5. The SMILES string of the molecule is CCOP(=O)(OCC)C1=C(O)C(O)(O)CCC1. The van der Waals surface area contributed by atoms with Crippen LogP contribution in [0.3, 0.4) is 0 Å². The number of hydrogen-bond acceptors (Lipinski definition) is 6. The molecule has 0 saturated heterocycles. The van der Waals surface area contributed by atoms with Crippen LogP contribution in [0.1, 0.15) is 33.1 Å². The van der Waals surface area contributed by atoms with E-state index in [0.717, 1.165) is 0 Å². The summed E-state index contributed by atoms with van der Waals surface area (Å²) in [4.78, 5) is 0. The Kier molecular flexibility index (Phi) is 4.75. The summed E-state index contributed by atoms with van der Waals surface area (Å²) in [5.41, 5.74) is 0. The predicted octanol–water partition coefficient (Wildman–Crippen LogP) is 1.89. The molecule has 0 atom stereocenters. The number of aliphatic hydroxyl groups excluding tert-OH is 1. The van der Waals surface area contributed by atoms with E-state index in [4.69, 9.17) is 9.05 Å². The van der Waals surface area contributed by atoms with Crippen LogP contribution in [0.5, 0.6) is 0 Å². The van der Waals surface area contributed by atoms with Crippen molar-refractivity contribution < 1.29 is 28.9 Å². The number of allylic oxidation sites excluding steroid dienone is 1. The van der Waals surface area contributed by atoms with Crippen molar-refractivity contribution in [3.63, 3.8) is 0 Å². The average molecular weight is 266 g/mol. The highest BCUT2D eigenvalue weighted by atomic mass is 31.2. The summed E-state index contributed by atoms with van der Waals surface area (Å²) in [5.74, 6) is -3.04. The molecule has 0 aromatic heterocycles. The third-order valence-electron chi connectivity index (χ3n) is 2.52. The van der Waals surface area contributed by atoms with Crippen molar-refractivity contribution in [3.05, 3.63) is 11.1 Å². The maximum atomic E-state index is 12.4. The fourth-order valence-electron chi connectivity index (χ4n) is 1.77. The summed E-state index contributed by atoms with van der Waals surface area (Å²) >= 11 is 0. The Morgan fingerprint density at radius 3 is 2.29 bits per heavy atom. The first kappa shape index (κ1) is 14.7. The van der Waals surface area contributed by atoms with Gasteiger partial charge in [0.15, 0.2) is 5.76 Å². The molecule has 1 rings (SSSR count). The fraction of sp³-hybridized carbons (Fsp3) is 0.800. The minimum atomic E-state index is -3.62. The Labute approximate surface area is 100 Å². The van der Waals surface area contributed by atoms with Crippen LogP contribution in [0.4, 0.5) is 0 Å². The zero-order valence-electron chi connectivity index (χ0n) is 10.0. The van der Waals surface area contributed by atoms with E-state index < -0.39 is 19.1 Å². The van der Waals surface area contributed by atoms with Gasteiger partial charge in [0.25, 0.3) is 0 Å². The molecule has 1 aliphatic carbocycles. The van der Waals surface area contributed by atoms with E-state index >= 15 is 0 Å². The van der Waals surface area contributed by atoms with Gasteiger partial charge >= 0.3 is 7.60 Å². The lowest BCUT2D eigenvalue weighted by Gasteiger charge is -2.30. The predicted molar refractivity (Wildman–Crippen MR) is 61.5 cm³/mol. The van der Waals surface area contributed by atoms with E-state index in [-0.39, 0.29) is 31.4 Å². The molecule has 3 N–H and O–H groups in total. The first-order valence-electron chi connectivity index (χ1n) is 5.64. The van der Waals surface area contributed by atoms with Crippen molar-refractivity contribution in [2.45, 2.75) is 38.9 Å². The Hall–Kier alpha value is -0.390. The van der Waals surface area contributed by atoms with Crippen molar-refractivity contribution >= 4 is 7.60 Å². The second-order valence-electron chi connectivity index (χ2n) is 3.80. The number of aliphatic hydroxyl groups is 3. The molecule has 0 spiro atoms. The van der Waals surface area contributed by atoms with Gasteiger partial charge in [-0.1, -0.05) is 0 Å². The van der Waals surface area contributed by atoms with Gasteiger partial charge in [0.2, 0.25) is 5.79 Å². The third kappa shape index (κ3) is 3.09. The van der Waals surface area contributed by atoms with E-state index in [0.29, 0.717) is 6.42 Å². The maximum Gasteiger partial charge on any atom is 0.360 e. The molecule has 1 aliphatic rings. The Morgan fingerprint density at radius 2 is 1.82 bits per heavy atom. The molecule has 0 aromatic rings. The van der Waals surface area contributed by atoms with Crippen molar-refractivity contribution in [2.24, 2.45) is 0 Å². The van der Waals surface area contributed by atoms with Crippen LogP contribution < -0.4 is 0 Å². The van der Waals surface area contributed by atoms with Gasteiger partial charge in [-0.15, -0.1) is 0 Å². The van der Waals surface area contributed by atoms with E-state index in [2.05, 4.69) is 0 Å². The van der Waals surface area contributed by atoms with Crippen molar-refractivity contribution in [1.29, 1.82) is 0 Å². The smallest absolute Gasteiger partial charge is 0.360 e. The molecule has 0 aromatic carbocycles. The van der Waals surface area contributed by atoms with Gasteiger partial charge in [-0.2, -0.15) is 0 Å². The van der Waals surface area contributed by atoms with Crippen LogP contribution in [0.15, 0.2) is 11.1 Å². The Bertz CT molecular complexity index is 339. The van der Waals surface area contributed by atoms with Gasteiger partial charge in [0.1, 0.15) is 0 Å². The minimum Gasteiger partial charge on any atom is -0.506 e. The summed E-state index contributed by atoms with van der Waals surface area (Å²) < 4.78 is 22.5. The van der Waals surface area contributed by atoms with Crippen molar-refractivity contribution in [3.8, 4) is 0 Å². The van der Waals surface area contributed by atoms with Crippen LogP contribution in [-0.4, -0.2) is 34.3 Å². The molecule has 0 amide bonds. The van der Waals surface area contributed by atoms with Crippen molar-refractivity contribution in [2.75, 3.05) is 13.2 Å². The van der Waals surface area contributed by atoms with Crippen LogP contribution >= 0.6 is 7.60 Å². The molecular formula is C10H19O6P. The first-order chi connectivity index (χ1) is 7.87. The first-order valence-corrected chi connectivity index (χ1v) is 7.18. The lowest BCUT2D eigenvalue weighted by Crippen LogP contribution is -2.34. The number of hydrogen-bond donors (Lipinski definition) is 3. The molecule has 100 valence electrons. The van der Waals surface area contributed by atoms with Gasteiger partial charge in [0.05, 0.1) is 18.5 Å². The van der Waals surface area contributed by atoms with Crippen LogP contribution in [0.2, 0.25) is 0 Å². The largest absolute Gasteiger partial charge is 0.506 e. The van der Waals surface area contributed by atoms with E-state index in [1.807, 2.05) is 0 Å². The van der Waals surface area contributed by atoms with E-state index in [9.17, 15) is 19.9 Å². The molecule has 0 heterocycles. The average Bonchev–Trinajstić information content (AvgIpc) is 2.22. The lowest BCUT2D eigenvalue weighted by molar-refractivity contribution is -0.161. The van der Waals surface area contributed by atoms with Crippen LogP contribution in [-0.2, 0) is 13.6 Å². The second-order valence-corrected chi connectivity index (χ2v) is 5.85. The summed E-state index contributed by atoms with van der Waals surface area (Å²) in [7, 11) is -3.62. The molecule has 0 radical (unpaired) electrons. The summed E-state index contributed by atoms with van der Waals surface area (Å²) in [6, 6.07) is 0. The third-order valence-corrected chi connectivity index (χ3v) is 4.81. The Morgan fingerprint density at radius 1 is 1.29 bits per heavy atom. The second kappa shape index (κ2) is 5.50. The Balaban J connectivity index is 3.14. The molecular weight excluding hydrogens is 247 g/mol. The molecule has 0 bridgehead atoms. The quantitative estimate of drug-likeness (QED) is 0.519. The summed E-state index contributed by atoms with van der Waals surface area (Å²) in [5, 5.41) is 28.8. The van der Waals surface area contributed by atoms with Gasteiger partial charge < -0.3 is 24.4 Å². The summed E-state index contributed by atoms with van der Waals surface area (Å²) in [6.07, 6.45) is 0.670. The highest BCUT2D eigenvalue weighted by Crippen LogP contribution is 2.60. The summed E-state index contributed by atoms with van der Waals surface area (Å²) in [6.45, 7) is 3.60. The highest BCUT2D eigenvalue weighted by Gasteiger charge is 2.43. The van der Waals surface area contributed by atoms with Crippen LogP contribution in [0.25, 0.3) is 0 Å². The van der Waals surface area contributed by atoms with Gasteiger partial charge in [-0.25, -0.2) is 0 Å². The zero-order chi connectivity index (χ0) is 13.1. The normalized spacial score (nSPS) is 20.7. The van der Waals surface area contributed by atoms with Gasteiger partial charge in [-0.3, -0.25) is 4.57 Å². The van der Waals surface area contributed by atoms with E-state index in [1.165, 1.54) is 0 Å². The van der Waals surface area contributed by atoms with Gasteiger partial charge in [-0.05, 0) is 26.7 Å². The highest BCUT2D eigenvalue weighted by molar-refractivity contribution is 7.58. The molecule has 6 nitrogen and oxygen atoms in total. The maximum absolute atomic E-state index is 12.4. The molecule has 0 saturated carbocycles. The molecule has 7 heteroatoms. The molecule has 0 fully saturated rings.